The molecule has 2 N–H and O–H groups in total. The van der Waals surface area contributed by atoms with Crippen LogP contribution in [0.15, 0.2) is 41.3 Å². The average molecular weight is 414 g/mol. The van der Waals surface area contributed by atoms with Gasteiger partial charge in [-0.1, -0.05) is 17.7 Å². The molecule has 0 amide bonds. The van der Waals surface area contributed by atoms with Crippen molar-refractivity contribution in [3.8, 4) is 5.75 Å². The van der Waals surface area contributed by atoms with E-state index in [0.717, 1.165) is 25.7 Å². The molecule has 1 saturated carbocycles. The van der Waals surface area contributed by atoms with Gasteiger partial charge in [-0.05, 0) is 49.9 Å². The minimum atomic E-state index is -4.23. The summed E-state index contributed by atoms with van der Waals surface area (Å²) in [6.07, 6.45) is 4.23. The highest BCUT2D eigenvalue weighted by molar-refractivity contribution is 7.92. The summed E-state index contributed by atoms with van der Waals surface area (Å²) >= 11 is 5.82. The lowest BCUT2D eigenvalue weighted by atomic mass is 10.2. The molecule has 6 nitrogen and oxygen atoms in total. The normalized spacial score (nSPS) is 14.9. The van der Waals surface area contributed by atoms with Gasteiger partial charge < -0.3 is 9.84 Å². The van der Waals surface area contributed by atoms with Crippen LogP contribution in [0.4, 0.5) is 10.1 Å². The van der Waals surface area contributed by atoms with E-state index >= 15 is 0 Å². The maximum Gasteiger partial charge on any atom is 0.338 e. The molecule has 0 saturated heterocycles. The van der Waals surface area contributed by atoms with E-state index in [9.17, 15) is 17.6 Å². The van der Waals surface area contributed by atoms with E-state index in [0.29, 0.717) is 17.9 Å². The molecule has 0 heterocycles. The first kappa shape index (κ1) is 19.4. The second kappa shape index (κ2) is 7.74. The zero-order chi connectivity index (χ0) is 19.6. The van der Waals surface area contributed by atoms with Crippen molar-refractivity contribution in [1.29, 1.82) is 0 Å². The van der Waals surface area contributed by atoms with Crippen LogP contribution in [0.25, 0.3) is 0 Å². The van der Waals surface area contributed by atoms with Crippen LogP contribution in [0.3, 0.4) is 0 Å². The van der Waals surface area contributed by atoms with Crippen LogP contribution in [0.5, 0.6) is 5.75 Å². The number of hydrogen-bond acceptors (Lipinski definition) is 4. The Hall–Kier alpha value is -2.32. The second-order valence-corrected chi connectivity index (χ2v) is 8.28. The lowest BCUT2D eigenvalue weighted by molar-refractivity contribution is 0.0691. The SMILES string of the molecule is O=C(O)c1cc(S(=O)(=O)Nc2cccc(OC3CCCC3)c2)c(Cl)cc1F. The van der Waals surface area contributed by atoms with Crippen LogP contribution in [0.2, 0.25) is 5.02 Å². The third-order valence-electron chi connectivity index (χ3n) is 4.23. The summed E-state index contributed by atoms with van der Waals surface area (Å²) in [5.41, 5.74) is -0.555. The number of carboxylic acid groups (broad SMARTS) is 1. The summed E-state index contributed by atoms with van der Waals surface area (Å²) in [5.74, 6) is -2.18. The Morgan fingerprint density at radius 3 is 2.59 bits per heavy atom. The molecule has 0 atom stereocenters. The number of ether oxygens (including phenoxy) is 1. The van der Waals surface area contributed by atoms with Crippen molar-refractivity contribution in [3.05, 3.63) is 52.8 Å². The fourth-order valence-corrected chi connectivity index (χ4v) is 4.53. The Morgan fingerprint density at radius 1 is 1.22 bits per heavy atom. The van der Waals surface area contributed by atoms with Gasteiger partial charge in [0.05, 0.1) is 22.4 Å². The Kier molecular flexibility index (Phi) is 5.57. The lowest BCUT2D eigenvalue weighted by Gasteiger charge is -2.15. The van der Waals surface area contributed by atoms with Crippen molar-refractivity contribution in [1.82, 2.24) is 0 Å². The van der Waals surface area contributed by atoms with E-state index in [1.54, 1.807) is 12.1 Å². The minimum Gasteiger partial charge on any atom is -0.490 e. The minimum absolute atomic E-state index is 0.113. The fraction of sp³-hybridized carbons (Fsp3) is 0.278. The van der Waals surface area contributed by atoms with E-state index < -0.39 is 37.3 Å². The summed E-state index contributed by atoms with van der Waals surface area (Å²) in [5, 5.41) is 8.58. The third-order valence-corrected chi connectivity index (χ3v) is 6.08. The van der Waals surface area contributed by atoms with Gasteiger partial charge in [0.15, 0.2) is 0 Å². The van der Waals surface area contributed by atoms with E-state index in [1.165, 1.54) is 12.1 Å². The summed E-state index contributed by atoms with van der Waals surface area (Å²) in [7, 11) is -4.23. The number of aromatic carboxylic acids is 1. The smallest absolute Gasteiger partial charge is 0.338 e. The van der Waals surface area contributed by atoms with Crippen LogP contribution in [0, 0.1) is 5.82 Å². The number of hydrogen-bond donors (Lipinski definition) is 2. The van der Waals surface area contributed by atoms with E-state index in [4.69, 9.17) is 21.4 Å². The maximum atomic E-state index is 13.6. The quantitative estimate of drug-likeness (QED) is 0.736. The number of carboxylic acids is 1. The van der Waals surface area contributed by atoms with E-state index in [-0.39, 0.29) is 11.8 Å². The van der Waals surface area contributed by atoms with Gasteiger partial charge in [-0.2, -0.15) is 0 Å². The average Bonchev–Trinajstić information content (AvgIpc) is 3.07. The molecule has 0 aliphatic heterocycles. The van der Waals surface area contributed by atoms with Crippen LogP contribution in [0.1, 0.15) is 36.0 Å². The van der Waals surface area contributed by atoms with Gasteiger partial charge in [0, 0.05) is 6.07 Å². The molecule has 2 aromatic rings. The van der Waals surface area contributed by atoms with Crippen LogP contribution in [-0.4, -0.2) is 25.6 Å². The zero-order valence-corrected chi connectivity index (χ0v) is 15.7. The topological polar surface area (TPSA) is 92.7 Å². The standard InChI is InChI=1S/C18H17ClFNO5S/c19-15-10-16(20)14(18(22)23)9-17(15)27(24,25)21-11-4-3-7-13(8-11)26-12-5-1-2-6-12/h3-4,7-10,12,21H,1-2,5-6H2,(H,22,23). The number of rotatable bonds is 6. The highest BCUT2D eigenvalue weighted by Gasteiger charge is 2.24. The summed E-state index contributed by atoms with van der Waals surface area (Å²) in [6, 6.07) is 7.78. The largest absolute Gasteiger partial charge is 0.490 e. The van der Waals surface area contributed by atoms with Crippen molar-refractivity contribution < 1.29 is 27.4 Å². The Labute approximate surface area is 161 Å². The molecule has 0 unspecified atom stereocenters. The second-order valence-electron chi connectivity index (χ2n) is 6.23. The van der Waals surface area contributed by atoms with Gasteiger partial charge in [-0.15, -0.1) is 0 Å². The van der Waals surface area contributed by atoms with Crippen molar-refractivity contribution in [2.45, 2.75) is 36.7 Å². The van der Waals surface area contributed by atoms with Crippen LogP contribution < -0.4 is 9.46 Å². The van der Waals surface area contributed by atoms with Crippen molar-refractivity contribution in [3.63, 3.8) is 0 Å². The maximum absolute atomic E-state index is 13.6. The third kappa shape index (κ3) is 4.51. The summed E-state index contributed by atoms with van der Waals surface area (Å²) in [6.45, 7) is 0. The van der Waals surface area contributed by atoms with Crippen LogP contribution in [-0.2, 0) is 10.0 Å². The molecule has 3 rings (SSSR count). The predicted molar refractivity (Wildman–Crippen MR) is 98.5 cm³/mol. The number of anilines is 1. The molecule has 1 fully saturated rings. The van der Waals surface area contributed by atoms with Crippen molar-refractivity contribution in [2.24, 2.45) is 0 Å². The molecule has 144 valence electrons. The first-order valence-electron chi connectivity index (χ1n) is 8.28. The predicted octanol–water partition coefficient (Wildman–Crippen LogP) is 4.30. The van der Waals surface area contributed by atoms with Crippen LogP contribution >= 0.6 is 11.6 Å². The molecule has 27 heavy (non-hydrogen) atoms. The Bertz CT molecular complexity index is 974. The van der Waals surface area contributed by atoms with Crippen molar-refractivity contribution in [2.75, 3.05) is 4.72 Å². The molecule has 2 aromatic carbocycles. The van der Waals surface area contributed by atoms with Gasteiger partial charge in [0.25, 0.3) is 10.0 Å². The summed E-state index contributed by atoms with van der Waals surface area (Å²) < 4.78 is 47.0. The fourth-order valence-electron chi connectivity index (χ4n) is 2.94. The lowest BCUT2D eigenvalue weighted by Crippen LogP contribution is -2.15. The number of carbonyl (C=O) groups is 1. The molecule has 1 aliphatic rings. The molecule has 1 aliphatic carbocycles. The highest BCUT2D eigenvalue weighted by Crippen LogP contribution is 2.29. The first-order chi connectivity index (χ1) is 12.8. The Balaban J connectivity index is 1.86. The monoisotopic (exact) mass is 413 g/mol. The van der Waals surface area contributed by atoms with E-state index in [2.05, 4.69) is 4.72 Å². The molecule has 9 heteroatoms. The molecular weight excluding hydrogens is 397 g/mol. The van der Waals surface area contributed by atoms with Gasteiger partial charge in [-0.25, -0.2) is 17.6 Å². The molecule has 0 aromatic heterocycles. The van der Waals surface area contributed by atoms with Crippen molar-refractivity contribution >= 4 is 33.3 Å². The highest BCUT2D eigenvalue weighted by atomic mass is 35.5. The van der Waals surface area contributed by atoms with Gasteiger partial charge in [-0.3, -0.25) is 4.72 Å². The molecule has 0 radical (unpaired) electrons. The zero-order valence-electron chi connectivity index (χ0n) is 14.1. The molecular formula is C18H17ClFNO5S. The molecule has 0 bridgehead atoms. The number of halogens is 2. The van der Waals surface area contributed by atoms with Gasteiger partial charge in [0.1, 0.15) is 16.5 Å². The number of nitrogens with one attached hydrogen (secondary N) is 1. The molecule has 0 spiro atoms. The number of benzene rings is 2. The van der Waals surface area contributed by atoms with E-state index in [1.807, 2.05) is 0 Å². The Morgan fingerprint density at radius 2 is 1.93 bits per heavy atom. The summed E-state index contributed by atoms with van der Waals surface area (Å²) in [4.78, 5) is 10.5. The van der Waals surface area contributed by atoms with Gasteiger partial charge >= 0.3 is 5.97 Å². The van der Waals surface area contributed by atoms with Gasteiger partial charge in [0.2, 0.25) is 0 Å². The number of sulfonamides is 1. The first-order valence-corrected chi connectivity index (χ1v) is 10.1.